The number of anilines is 7. The van der Waals surface area contributed by atoms with Gasteiger partial charge in [0.05, 0.1) is 23.1 Å². The lowest BCUT2D eigenvalue weighted by Gasteiger charge is -2.33. The molecule has 8 heteroatoms. The van der Waals surface area contributed by atoms with Gasteiger partial charge < -0.3 is 26.2 Å². The topological polar surface area (TPSA) is 90.0 Å². The van der Waals surface area contributed by atoms with E-state index in [4.69, 9.17) is 4.98 Å². The molecule has 1 unspecified atom stereocenters. The summed E-state index contributed by atoms with van der Waals surface area (Å²) < 4.78 is 0. The van der Waals surface area contributed by atoms with Crippen LogP contribution in [0.3, 0.4) is 0 Å². The predicted octanol–water partition coefficient (Wildman–Crippen LogP) is 7.90. The van der Waals surface area contributed by atoms with Crippen molar-refractivity contribution in [2.45, 2.75) is 40.3 Å². The van der Waals surface area contributed by atoms with E-state index in [1.165, 1.54) is 12.1 Å². The van der Waals surface area contributed by atoms with Gasteiger partial charge in [-0.25, -0.2) is 4.98 Å². The Hall–Kier alpha value is -4.85. The number of benzene rings is 2. The van der Waals surface area contributed by atoms with Crippen LogP contribution in [-0.2, 0) is 0 Å². The van der Waals surface area contributed by atoms with Crippen molar-refractivity contribution in [2.24, 2.45) is 0 Å². The molecule has 3 aromatic heterocycles. The van der Waals surface area contributed by atoms with Crippen LogP contribution in [0.4, 0.5) is 39.9 Å². The normalized spacial score (nSPS) is 15.1. The summed E-state index contributed by atoms with van der Waals surface area (Å²) in [5.74, 6) is 0.843. The maximum Gasteiger partial charge on any atom is 0.151 e. The maximum absolute atomic E-state index is 4.75. The Morgan fingerprint density at radius 1 is 0.780 bits per heavy atom. The van der Waals surface area contributed by atoms with Gasteiger partial charge in [-0.2, -0.15) is 0 Å². The summed E-state index contributed by atoms with van der Waals surface area (Å²) in [6, 6.07) is 23.2. The maximum atomic E-state index is 4.75. The molecule has 4 N–H and O–H groups in total. The van der Waals surface area contributed by atoms with Gasteiger partial charge in [-0.15, -0.1) is 0 Å². The number of nitrogens with zero attached hydrogens (tertiary/aromatic N) is 4. The zero-order valence-electron chi connectivity index (χ0n) is 24.0. The lowest BCUT2D eigenvalue weighted by Crippen LogP contribution is -2.36. The highest BCUT2D eigenvalue weighted by Crippen LogP contribution is 2.37. The van der Waals surface area contributed by atoms with Gasteiger partial charge in [0, 0.05) is 58.8 Å². The fourth-order valence-electron chi connectivity index (χ4n) is 5.18. The molecule has 7 rings (SSSR count). The summed E-state index contributed by atoms with van der Waals surface area (Å²) in [5, 5.41) is 15.2. The monoisotopic (exact) mass is 544 g/mol. The number of aryl methyl sites for hydroxylation is 2. The Morgan fingerprint density at radius 2 is 1.61 bits per heavy atom. The summed E-state index contributed by atoms with van der Waals surface area (Å²) in [6.45, 7) is 10.3. The van der Waals surface area contributed by atoms with Crippen LogP contribution in [0.15, 0.2) is 79.1 Å². The minimum Gasteiger partial charge on any atom is -0.371 e. The zero-order valence-corrected chi connectivity index (χ0v) is 24.0. The number of hydrogen-bond acceptors (Lipinski definition) is 8. The summed E-state index contributed by atoms with van der Waals surface area (Å²) in [4.78, 5) is 16.0. The van der Waals surface area contributed by atoms with Crippen molar-refractivity contribution in [3.63, 3.8) is 0 Å². The fourth-order valence-corrected chi connectivity index (χ4v) is 5.18. The third kappa shape index (κ3) is 5.59. The Morgan fingerprint density at radius 3 is 2.37 bits per heavy atom. The quantitative estimate of drug-likeness (QED) is 0.171. The highest BCUT2D eigenvalue weighted by Gasteiger charge is 2.22. The smallest absolute Gasteiger partial charge is 0.151 e. The van der Waals surface area contributed by atoms with Gasteiger partial charge in [-0.1, -0.05) is 26.0 Å². The Balaban J connectivity index is 0.00000148. The van der Waals surface area contributed by atoms with Crippen LogP contribution in [0.2, 0.25) is 0 Å². The van der Waals surface area contributed by atoms with Crippen molar-refractivity contribution < 1.29 is 0 Å². The number of nitrogens with one attached hydrogen (secondary N) is 4. The molecule has 5 aromatic rings. The van der Waals surface area contributed by atoms with Crippen molar-refractivity contribution >= 4 is 50.8 Å². The van der Waals surface area contributed by atoms with Crippen molar-refractivity contribution in [2.75, 3.05) is 39.3 Å². The molecule has 1 fully saturated rings. The standard InChI is InChI=1S/C31H30N8.C2H6/c1-19-14-23(10-11-32-19)35-24-16-29-31(33-18-24)38-30(37-29)21-4-6-22(7-5-21)36-28-15-20(2)34-27-9-8-25(17-26(27)28)39-12-3-13-39;1-2/h4-11,14-18,30,37H,3,12-13H2,1-2H3,(H,32,35)(H,33,38)(H,34,36);1-2H3. The van der Waals surface area contributed by atoms with E-state index in [0.29, 0.717) is 0 Å². The molecule has 0 radical (unpaired) electrons. The van der Waals surface area contributed by atoms with Gasteiger partial charge in [0.15, 0.2) is 5.82 Å². The van der Waals surface area contributed by atoms with Gasteiger partial charge in [0.25, 0.3) is 0 Å². The van der Waals surface area contributed by atoms with Gasteiger partial charge in [0.2, 0.25) is 0 Å². The number of aromatic nitrogens is 3. The zero-order chi connectivity index (χ0) is 28.3. The molecule has 0 saturated carbocycles. The van der Waals surface area contributed by atoms with Crippen molar-refractivity contribution in [3.8, 4) is 0 Å². The van der Waals surface area contributed by atoms with E-state index in [-0.39, 0.29) is 6.17 Å². The minimum atomic E-state index is -0.0527. The van der Waals surface area contributed by atoms with Crippen LogP contribution in [0.25, 0.3) is 10.9 Å². The number of fused-ring (bicyclic) bond motifs is 2. The molecule has 2 aliphatic rings. The van der Waals surface area contributed by atoms with Crippen molar-refractivity contribution in [3.05, 3.63) is 96.1 Å². The van der Waals surface area contributed by atoms with Crippen LogP contribution in [0.5, 0.6) is 0 Å². The van der Waals surface area contributed by atoms with Crippen LogP contribution >= 0.6 is 0 Å². The average molecular weight is 545 g/mol. The largest absolute Gasteiger partial charge is 0.371 e. The highest BCUT2D eigenvalue weighted by molar-refractivity contribution is 5.95. The second-order valence-corrected chi connectivity index (χ2v) is 10.3. The van der Waals surface area contributed by atoms with E-state index in [1.807, 2.05) is 46.0 Å². The van der Waals surface area contributed by atoms with Crippen molar-refractivity contribution in [1.82, 2.24) is 15.0 Å². The molecular weight excluding hydrogens is 508 g/mol. The van der Waals surface area contributed by atoms with Gasteiger partial charge in [-0.05, 0) is 80.4 Å². The summed E-state index contributed by atoms with van der Waals surface area (Å²) in [7, 11) is 0. The summed E-state index contributed by atoms with van der Waals surface area (Å²) in [6.07, 6.45) is 4.85. The molecule has 8 nitrogen and oxygen atoms in total. The van der Waals surface area contributed by atoms with E-state index in [1.54, 1.807) is 6.20 Å². The first-order chi connectivity index (χ1) is 20.1. The Bertz CT molecular complexity index is 1680. The number of rotatable bonds is 6. The van der Waals surface area contributed by atoms with Crippen LogP contribution < -0.4 is 26.2 Å². The first-order valence-electron chi connectivity index (χ1n) is 14.3. The average Bonchev–Trinajstić information content (AvgIpc) is 3.37. The lowest BCUT2D eigenvalue weighted by atomic mass is 10.1. The minimum absolute atomic E-state index is 0.0527. The van der Waals surface area contributed by atoms with Crippen LogP contribution in [0, 0.1) is 13.8 Å². The van der Waals surface area contributed by atoms with E-state index >= 15 is 0 Å². The highest BCUT2D eigenvalue weighted by atomic mass is 15.2. The second-order valence-electron chi connectivity index (χ2n) is 10.3. The molecule has 0 spiro atoms. The molecule has 41 heavy (non-hydrogen) atoms. The molecule has 2 aromatic carbocycles. The van der Waals surface area contributed by atoms with Gasteiger partial charge in [0.1, 0.15) is 6.17 Å². The Kier molecular flexibility index (Phi) is 7.29. The first-order valence-corrected chi connectivity index (χ1v) is 14.3. The van der Waals surface area contributed by atoms with E-state index in [2.05, 4.69) is 90.7 Å². The van der Waals surface area contributed by atoms with Gasteiger partial charge in [-0.3, -0.25) is 9.97 Å². The van der Waals surface area contributed by atoms with E-state index in [0.717, 1.165) is 75.2 Å². The third-order valence-corrected chi connectivity index (χ3v) is 7.32. The van der Waals surface area contributed by atoms with Crippen LogP contribution in [0.1, 0.15) is 43.4 Å². The summed E-state index contributed by atoms with van der Waals surface area (Å²) in [5.41, 5.74) is 10.4. The van der Waals surface area contributed by atoms with Crippen LogP contribution in [-0.4, -0.2) is 28.0 Å². The SMILES string of the molecule is CC.Cc1cc(Nc2cnc3c(c2)NC(c2ccc(Nc4cc(C)nc5ccc(N6CCC6)cc45)cc2)N3)ccn1. The molecule has 2 aliphatic heterocycles. The molecule has 0 amide bonds. The molecule has 1 saturated heterocycles. The molecule has 5 heterocycles. The van der Waals surface area contributed by atoms with Crippen molar-refractivity contribution in [1.29, 1.82) is 0 Å². The van der Waals surface area contributed by atoms with E-state index in [9.17, 15) is 0 Å². The number of pyridine rings is 3. The Labute approximate surface area is 241 Å². The molecule has 208 valence electrons. The molecule has 0 bridgehead atoms. The molecule has 1 atom stereocenters. The molecular formula is C33H36N8. The summed E-state index contributed by atoms with van der Waals surface area (Å²) >= 11 is 0. The first kappa shape index (κ1) is 26.4. The second kappa shape index (κ2) is 11.3. The third-order valence-electron chi connectivity index (χ3n) is 7.32. The number of hydrogen-bond donors (Lipinski definition) is 4. The van der Waals surface area contributed by atoms with E-state index < -0.39 is 0 Å². The van der Waals surface area contributed by atoms with Gasteiger partial charge >= 0.3 is 0 Å². The molecule has 0 aliphatic carbocycles. The predicted molar refractivity (Wildman–Crippen MR) is 171 cm³/mol. The lowest BCUT2D eigenvalue weighted by molar-refractivity contribution is 0.618. The fraction of sp³-hybridized carbons (Fsp3) is 0.242.